The van der Waals surface area contributed by atoms with Crippen LogP contribution in [-0.4, -0.2) is 10.7 Å². The van der Waals surface area contributed by atoms with Crippen molar-refractivity contribution in [3.8, 4) is 11.3 Å². The molecule has 5 heteroatoms. The molecule has 0 unspecified atom stereocenters. The van der Waals surface area contributed by atoms with Crippen molar-refractivity contribution in [2.24, 2.45) is 5.10 Å². The Morgan fingerprint density at radius 1 is 0.893 bits per heavy atom. The lowest BCUT2D eigenvalue weighted by Gasteiger charge is -2.17. The molecule has 0 aliphatic rings. The highest BCUT2D eigenvalue weighted by molar-refractivity contribution is 7.14. The van der Waals surface area contributed by atoms with E-state index in [-0.39, 0.29) is 0 Å². The largest absolute Gasteiger partial charge is 0.218 e. The molecule has 4 rings (SSSR count). The molecule has 0 aliphatic heterocycles. The lowest BCUT2D eigenvalue weighted by Crippen LogP contribution is -2.12. The van der Waals surface area contributed by atoms with Gasteiger partial charge in [-0.25, -0.2) is 9.99 Å². The molecule has 138 valence electrons. The van der Waals surface area contributed by atoms with Gasteiger partial charge in [-0.1, -0.05) is 72.3 Å². The summed E-state index contributed by atoms with van der Waals surface area (Å²) in [5, 5.41) is 10.4. The molecule has 0 saturated carbocycles. The maximum absolute atomic E-state index is 6.02. The van der Waals surface area contributed by atoms with Gasteiger partial charge in [0.15, 0.2) is 0 Å². The summed E-state index contributed by atoms with van der Waals surface area (Å²) < 4.78 is 0. The topological polar surface area (TPSA) is 28.5 Å². The van der Waals surface area contributed by atoms with Gasteiger partial charge in [-0.15, -0.1) is 11.3 Å². The molecule has 0 fully saturated rings. The molecule has 0 bridgehead atoms. The summed E-state index contributed by atoms with van der Waals surface area (Å²) in [6.45, 7) is 1.99. The minimum absolute atomic E-state index is 0.712. The number of para-hydroxylation sites is 1. The Balaban J connectivity index is 1.74. The zero-order chi connectivity index (χ0) is 19.3. The third-order valence-corrected chi connectivity index (χ3v) is 5.32. The van der Waals surface area contributed by atoms with Crippen LogP contribution in [0.2, 0.25) is 5.02 Å². The summed E-state index contributed by atoms with van der Waals surface area (Å²) in [6, 6.07) is 27.9. The maximum Gasteiger partial charge on any atom is 0.211 e. The highest BCUT2D eigenvalue weighted by Gasteiger charge is 2.14. The monoisotopic (exact) mass is 403 g/mol. The number of hydrogen-bond donors (Lipinski definition) is 0. The first-order chi connectivity index (χ1) is 13.7. The van der Waals surface area contributed by atoms with Gasteiger partial charge in [-0.2, -0.15) is 5.10 Å². The Hall–Kier alpha value is -2.95. The molecule has 0 atom stereocenters. The van der Waals surface area contributed by atoms with Crippen molar-refractivity contribution in [2.45, 2.75) is 6.92 Å². The Kier molecular flexibility index (Phi) is 5.51. The van der Waals surface area contributed by atoms with Gasteiger partial charge in [0.25, 0.3) is 0 Å². The van der Waals surface area contributed by atoms with Gasteiger partial charge in [0.05, 0.1) is 17.1 Å². The average molecular weight is 404 g/mol. The quantitative estimate of drug-likeness (QED) is 0.264. The predicted molar refractivity (Wildman–Crippen MR) is 120 cm³/mol. The van der Waals surface area contributed by atoms with Gasteiger partial charge < -0.3 is 0 Å². The number of hydrazone groups is 1. The number of anilines is 2. The van der Waals surface area contributed by atoms with Crippen LogP contribution in [-0.2, 0) is 0 Å². The molecule has 0 N–H and O–H groups in total. The van der Waals surface area contributed by atoms with Gasteiger partial charge in [-0.3, -0.25) is 0 Å². The third kappa shape index (κ3) is 4.14. The molecule has 28 heavy (non-hydrogen) atoms. The van der Waals surface area contributed by atoms with E-state index >= 15 is 0 Å². The second-order valence-corrected chi connectivity index (χ2v) is 7.49. The summed E-state index contributed by atoms with van der Waals surface area (Å²) in [5.74, 6) is 0. The van der Waals surface area contributed by atoms with Crippen LogP contribution in [0.1, 0.15) is 12.5 Å². The van der Waals surface area contributed by atoms with Crippen molar-refractivity contribution in [1.29, 1.82) is 0 Å². The summed E-state index contributed by atoms with van der Waals surface area (Å²) in [5.41, 5.74) is 4.91. The molecule has 1 aromatic heterocycles. The molecular formula is C23H18ClN3S. The molecule has 3 nitrogen and oxygen atoms in total. The fraction of sp³-hybridized carbons (Fsp3) is 0.0435. The van der Waals surface area contributed by atoms with Gasteiger partial charge in [0.1, 0.15) is 0 Å². The van der Waals surface area contributed by atoms with E-state index in [4.69, 9.17) is 21.7 Å². The Morgan fingerprint density at radius 2 is 1.54 bits per heavy atom. The van der Waals surface area contributed by atoms with Crippen LogP contribution in [0.5, 0.6) is 0 Å². The highest BCUT2D eigenvalue weighted by atomic mass is 35.5. The molecule has 0 amide bonds. The molecule has 0 saturated heterocycles. The molecule has 0 spiro atoms. The Morgan fingerprint density at radius 3 is 2.21 bits per heavy atom. The van der Waals surface area contributed by atoms with Crippen LogP contribution < -0.4 is 5.01 Å². The molecule has 1 heterocycles. The van der Waals surface area contributed by atoms with Crippen LogP contribution in [0, 0.1) is 0 Å². The first kappa shape index (κ1) is 18.4. The van der Waals surface area contributed by atoms with Crippen molar-refractivity contribution in [3.63, 3.8) is 0 Å². The molecule has 0 aliphatic carbocycles. The zero-order valence-corrected chi connectivity index (χ0v) is 16.9. The average Bonchev–Trinajstić information content (AvgIpc) is 3.23. The molecule has 0 radical (unpaired) electrons. The SMILES string of the molecule is C/C(=N\N(c1ccccc1)c1nc(-c2ccccc2)cs1)c1ccc(Cl)cc1. The normalized spacial score (nSPS) is 11.4. The first-order valence-corrected chi connectivity index (χ1v) is 10.1. The minimum Gasteiger partial charge on any atom is -0.218 e. The number of nitrogens with zero attached hydrogens (tertiary/aromatic N) is 3. The number of benzene rings is 3. The van der Waals surface area contributed by atoms with E-state index in [1.54, 1.807) is 11.3 Å². The maximum atomic E-state index is 6.02. The number of thiazole rings is 1. The van der Waals surface area contributed by atoms with Crippen molar-refractivity contribution in [2.75, 3.05) is 5.01 Å². The van der Waals surface area contributed by atoms with Crippen molar-refractivity contribution in [1.82, 2.24) is 4.98 Å². The summed E-state index contributed by atoms with van der Waals surface area (Å²) in [6.07, 6.45) is 0. The van der Waals surface area contributed by atoms with E-state index in [9.17, 15) is 0 Å². The second kappa shape index (κ2) is 8.38. The lowest BCUT2D eigenvalue weighted by atomic mass is 10.1. The standard InChI is InChI=1S/C23H18ClN3S/c1-17(18-12-14-20(24)15-13-18)26-27(21-10-6-3-7-11-21)23-25-22(16-28-23)19-8-4-2-5-9-19/h2-16H,1H3/b26-17+. The van der Waals surface area contributed by atoms with E-state index < -0.39 is 0 Å². The van der Waals surface area contributed by atoms with Gasteiger partial charge in [-0.05, 0) is 36.8 Å². The van der Waals surface area contributed by atoms with Gasteiger partial charge >= 0.3 is 0 Å². The Labute approximate surface area is 173 Å². The van der Waals surface area contributed by atoms with Crippen molar-refractivity contribution >= 4 is 39.5 Å². The van der Waals surface area contributed by atoms with Crippen molar-refractivity contribution < 1.29 is 0 Å². The van der Waals surface area contributed by atoms with Crippen LogP contribution >= 0.6 is 22.9 Å². The molecule has 4 aromatic rings. The fourth-order valence-corrected chi connectivity index (χ4v) is 3.71. The smallest absolute Gasteiger partial charge is 0.211 e. The van der Waals surface area contributed by atoms with E-state index in [0.717, 1.165) is 33.4 Å². The van der Waals surface area contributed by atoms with Crippen LogP contribution in [0.3, 0.4) is 0 Å². The van der Waals surface area contributed by atoms with Crippen LogP contribution in [0.25, 0.3) is 11.3 Å². The summed E-state index contributed by atoms with van der Waals surface area (Å²) in [4.78, 5) is 4.83. The fourth-order valence-electron chi connectivity index (χ4n) is 2.78. The number of rotatable bonds is 5. The van der Waals surface area contributed by atoms with E-state index in [0.29, 0.717) is 5.02 Å². The summed E-state index contributed by atoms with van der Waals surface area (Å²) >= 11 is 7.59. The van der Waals surface area contributed by atoms with E-state index in [1.807, 2.05) is 84.7 Å². The zero-order valence-electron chi connectivity index (χ0n) is 15.3. The van der Waals surface area contributed by atoms with Gasteiger partial charge in [0, 0.05) is 16.0 Å². The van der Waals surface area contributed by atoms with Crippen LogP contribution in [0.4, 0.5) is 10.8 Å². The number of halogens is 1. The van der Waals surface area contributed by atoms with Crippen LogP contribution in [0.15, 0.2) is 95.4 Å². The number of hydrogen-bond acceptors (Lipinski definition) is 4. The second-order valence-electron chi connectivity index (χ2n) is 6.22. The number of aromatic nitrogens is 1. The predicted octanol–water partition coefficient (Wildman–Crippen LogP) is 7.03. The van der Waals surface area contributed by atoms with E-state index in [1.165, 1.54) is 0 Å². The Bertz CT molecular complexity index is 1070. The molecular weight excluding hydrogens is 386 g/mol. The highest BCUT2D eigenvalue weighted by Crippen LogP contribution is 2.32. The van der Waals surface area contributed by atoms with E-state index in [2.05, 4.69) is 17.5 Å². The minimum atomic E-state index is 0.712. The third-order valence-electron chi connectivity index (χ3n) is 4.26. The first-order valence-electron chi connectivity index (χ1n) is 8.88. The molecule has 3 aromatic carbocycles. The van der Waals surface area contributed by atoms with Crippen molar-refractivity contribution in [3.05, 3.63) is 101 Å². The summed E-state index contributed by atoms with van der Waals surface area (Å²) in [7, 11) is 0. The lowest BCUT2D eigenvalue weighted by molar-refractivity contribution is 1.06. The van der Waals surface area contributed by atoms with Gasteiger partial charge in [0.2, 0.25) is 5.13 Å².